The Hall–Kier alpha value is -5.00. The highest BCUT2D eigenvalue weighted by Gasteiger charge is 2.51. The molecular formula is C46H39NO. The fourth-order valence-electron chi connectivity index (χ4n) is 10.2. The average Bonchev–Trinajstić information content (AvgIpc) is 3.50. The van der Waals surface area contributed by atoms with Crippen LogP contribution in [0.3, 0.4) is 0 Å². The van der Waals surface area contributed by atoms with Crippen LogP contribution in [0.25, 0.3) is 38.6 Å². The fourth-order valence-corrected chi connectivity index (χ4v) is 10.2. The second-order valence-electron chi connectivity index (χ2n) is 15.0. The van der Waals surface area contributed by atoms with Crippen LogP contribution in [0.4, 0.5) is 17.1 Å². The fraction of sp³-hybridized carbons (Fsp3) is 0.261. The van der Waals surface area contributed by atoms with E-state index in [-0.39, 0.29) is 0 Å². The van der Waals surface area contributed by atoms with E-state index in [0.717, 1.165) is 69.6 Å². The third-order valence-corrected chi connectivity index (χ3v) is 11.9. The number of hydrogen-bond acceptors (Lipinski definition) is 2. The van der Waals surface area contributed by atoms with Gasteiger partial charge < -0.3 is 9.32 Å². The topological polar surface area (TPSA) is 16.4 Å². The number of benzene rings is 4. The normalized spacial score (nSPS) is 24.2. The van der Waals surface area contributed by atoms with Gasteiger partial charge in [0.05, 0.1) is 11.1 Å². The van der Waals surface area contributed by atoms with Crippen molar-refractivity contribution in [3.63, 3.8) is 0 Å². The number of hydrogen-bond donors (Lipinski definition) is 0. The average molecular weight is 622 g/mol. The molecule has 5 aliphatic carbocycles. The zero-order chi connectivity index (χ0) is 31.7. The zero-order valence-corrected chi connectivity index (χ0v) is 27.3. The molecular weight excluding hydrogens is 583 g/mol. The maximum Gasteiger partial charge on any atom is 0.146 e. The Bertz CT molecular complexity index is 2180. The van der Waals surface area contributed by atoms with Crippen LogP contribution in [-0.2, 0) is 5.41 Å². The summed E-state index contributed by atoms with van der Waals surface area (Å²) in [5.41, 5.74) is 12.0. The van der Waals surface area contributed by atoms with E-state index in [9.17, 15) is 0 Å². The van der Waals surface area contributed by atoms with Gasteiger partial charge in [-0.1, -0.05) is 91.0 Å². The lowest BCUT2D eigenvalue weighted by atomic mass is 9.48. The van der Waals surface area contributed by atoms with Gasteiger partial charge in [-0.2, -0.15) is 0 Å². The van der Waals surface area contributed by atoms with Crippen molar-refractivity contribution in [2.24, 2.45) is 17.8 Å². The molecule has 0 radical (unpaired) electrons. The summed E-state index contributed by atoms with van der Waals surface area (Å²) in [6, 6.07) is 44.8. The number of nitrogens with zero attached hydrogens (tertiary/aromatic N) is 1. The Kier molecular flexibility index (Phi) is 6.45. The van der Waals surface area contributed by atoms with E-state index < -0.39 is 0 Å². The standard InChI is InChI=1S/C46H39NO/c1-2-8-36(9-3-1)40-10-4-6-12-43(40)47(39-22-23-42-41-11-5-7-13-44(41)48-45(42)27-39)38-20-16-35(17-21-38)34-14-18-37(19-15-34)46-28-31-24-32(29-46)26-33(25-31)30-46/h1-2,4-8,10-21,27,31-33H,3,9,24-26,28-30H2. The summed E-state index contributed by atoms with van der Waals surface area (Å²) in [5, 5.41) is 2.04. The number of rotatable bonds is 6. The van der Waals surface area contributed by atoms with E-state index in [1.54, 1.807) is 5.56 Å². The van der Waals surface area contributed by atoms with Gasteiger partial charge in [0, 0.05) is 22.7 Å². The minimum absolute atomic E-state index is 0.434. The first kappa shape index (κ1) is 28.1. The number of fused-ring (bicyclic) bond motifs is 3. The molecule has 0 aliphatic heterocycles. The van der Waals surface area contributed by atoms with Gasteiger partial charge in [0.15, 0.2) is 0 Å². The van der Waals surface area contributed by atoms with Crippen LogP contribution in [-0.4, -0.2) is 0 Å². The number of furan rings is 1. The monoisotopic (exact) mass is 621 g/mol. The SMILES string of the molecule is c1c(N(c2ccc(-c3ccc(C45CC6CC(CC(C6)C4)C5)cc3)cc2)c2ccccc2C2=CC=CCC2)cc2oc3ccccc3c2c#1. The van der Waals surface area contributed by atoms with Crippen molar-refractivity contribution in [3.8, 4) is 11.1 Å². The second kappa shape index (κ2) is 11.0. The molecule has 1 aromatic heterocycles. The molecule has 0 saturated heterocycles. The van der Waals surface area contributed by atoms with E-state index in [2.05, 4.69) is 120 Å². The summed E-state index contributed by atoms with van der Waals surface area (Å²) in [6.07, 6.45) is 17.5. The van der Waals surface area contributed by atoms with E-state index >= 15 is 0 Å². The van der Waals surface area contributed by atoms with E-state index in [4.69, 9.17) is 4.42 Å². The Morgan fingerprint density at radius 1 is 0.688 bits per heavy atom. The molecule has 6 aromatic rings. The van der Waals surface area contributed by atoms with E-state index in [0.29, 0.717) is 5.41 Å². The number of allylic oxidation sites excluding steroid dienone is 4. The first-order valence-corrected chi connectivity index (χ1v) is 17.9. The molecule has 48 heavy (non-hydrogen) atoms. The summed E-state index contributed by atoms with van der Waals surface area (Å²) in [4.78, 5) is 2.32. The highest BCUT2D eigenvalue weighted by Crippen LogP contribution is 2.60. The van der Waals surface area contributed by atoms with Gasteiger partial charge in [-0.05, 0) is 133 Å². The van der Waals surface area contributed by atoms with Crippen LogP contribution in [0.5, 0.6) is 0 Å². The molecule has 11 rings (SSSR count). The molecule has 4 fully saturated rings. The molecule has 1 heterocycles. The summed E-state index contributed by atoms with van der Waals surface area (Å²) in [6.45, 7) is 0. The molecule has 5 aliphatic rings. The summed E-state index contributed by atoms with van der Waals surface area (Å²) in [5.74, 6) is 2.89. The van der Waals surface area contributed by atoms with Gasteiger partial charge in [0.25, 0.3) is 0 Å². The third kappa shape index (κ3) is 4.63. The molecule has 2 nitrogen and oxygen atoms in total. The largest absolute Gasteiger partial charge is 0.455 e. The van der Waals surface area contributed by atoms with Gasteiger partial charge >= 0.3 is 0 Å². The van der Waals surface area contributed by atoms with Crippen molar-refractivity contribution in [3.05, 3.63) is 145 Å². The molecule has 0 unspecified atom stereocenters. The van der Waals surface area contributed by atoms with Crippen LogP contribution in [0.2, 0.25) is 0 Å². The Morgan fingerprint density at radius 3 is 2.10 bits per heavy atom. The van der Waals surface area contributed by atoms with Gasteiger partial charge in [0.1, 0.15) is 16.9 Å². The van der Waals surface area contributed by atoms with Crippen molar-refractivity contribution in [2.75, 3.05) is 4.90 Å². The highest BCUT2D eigenvalue weighted by atomic mass is 16.3. The minimum atomic E-state index is 0.434. The first-order chi connectivity index (χ1) is 23.7. The van der Waals surface area contributed by atoms with Crippen LogP contribution in [0.15, 0.2) is 126 Å². The van der Waals surface area contributed by atoms with Gasteiger partial charge in [0.2, 0.25) is 0 Å². The third-order valence-electron chi connectivity index (χ3n) is 11.9. The Balaban J connectivity index is 1.03. The van der Waals surface area contributed by atoms with Crippen molar-refractivity contribution in [2.45, 2.75) is 56.8 Å². The minimum Gasteiger partial charge on any atom is -0.455 e. The maximum absolute atomic E-state index is 6.33. The van der Waals surface area contributed by atoms with Crippen LogP contribution in [0.1, 0.15) is 62.5 Å². The molecule has 0 spiro atoms. The predicted molar refractivity (Wildman–Crippen MR) is 198 cm³/mol. The Morgan fingerprint density at radius 2 is 1.38 bits per heavy atom. The van der Waals surface area contributed by atoms with Crippen molar-refractivity contribution >= 4 is 44.6 Å². The summed E-state index contributed by atoms with van der Waals surface area (Å²) < 4.78 is 6.33. The lowest BCUT2D eigenvalue weighted by molar-refractivity contribution is -0.00518. The highest BCUT2D eigenvalue weighted by molar-refractivity contribution is 6.05. The summed E-state index contributed by atoms with van der Waals surface area (Å²) in [7, 11) is 0. The van der Waals surface area contributed by atoms with Crippen molar-refractivity contribution in [1.29, 1.82) is 0 Å². The first-order valence-electron chi connectivity index (χ1n) is 17.9. The molecule has 2 heteroatoms. The van der Waals surface area contributed by atoms with E-state index in [1.165, 1.54) is 60.8 Å². The Labute approximate surface area is 283 Å². The summed E-state index contributed by atoms with van der Waals surface area (Å²) >= 11 is 0. The van der Waals surface area contributed by atoms with Gasteiger partial charge in [-0.15, -0.1) is 0 Å². The van der Waals surface area contributed by atoms with Gasteiger partial charge in [-0.25, -0.2) is 0 Å². The van der Waals surface area contributed by atoms with Crippen LogP contribution >= 0.6 is 0 Å². The molecule has 234 valence electrons. The maximum atomic E-state index is 6.33. The molecule has 0 amide bonds. The predicted octanol–water partition coefficient (Wildman–Crippen LogP) is 12.5. The van der Waals surface area contributed by atoms with Crippen molar-refractivity contribution < 1.29 is 4.42 Å². The van der Waals surface area contributed by atoms with Crippen LogP contribution < -0.4 is 4.90 Å². The number of anilines is 3. The molecule has 5 aromatic carbocycles. The zero-order valence-electron chi connectivity index (χ0n) is 27.3. The number of para-hydroxylation sites is 2. The second-order valence-corrected chi connectivity index (χ2v) is 15.0. The molecule has 4 bridgehead atoms. The lowest BCUT2D eigenvalue weighted by Crippen LogP contribution is -2.48. The van der Waals surface area contributed by atoms with Crippen LogP contribution in [0, 0.1) is 29.9 Å². The molecule has 4 saturated carbocycles. The van der Waals surface area contributed by atoms with E-state index in [1.807, 2.05) is 18.2 Å². The van der Waals surface area contributed by atoms with Gasteiger partial charge in [-0.3, -0.25) is 0 Å². The lowest BCUT2D eigenvalue weighted by Gasteiger charge is -2.57. The molecule has 0 N–H and O–H groups in total. The smallest absolute Gasteiger partial charge is 0.146 e. The molecule has 0 atom stereocenters. The quantitative estimate of drug-likeness (QED) is 0.184. The van der Waals surface area contributed by atoms with Crippen molar-refractivity contribution in [1.82, 2.24) is 0 Å².